The number of amides is 1. The number of rotatable bonds is 7. The molecule has 3 rings (SSSR count). The molecule has 3 aromatic rings. The van der Waals surface area contributed by atoms with Gasteiger partial charge < -0.3 is 14.8 Å². The van der Waals surface area contributed by atoms with Crippen LogP contribution < -0.4 is 10.1 Å². The molecule has 0 aliphatic carbocycles. The highest BCUT2D eigenvalue weighted by Crippen LogP contribution is 2.28. The third-order valence-corrected chi connectivity index (χ3v) is 5.15. The molecule has 1 unspecified atom stereocenters. The largest absolute Gasteiger partial charge is 0.492 e. The highest BCUT2D eigenvalue weighted by atomic mass is 32.1. The Bertz CT molecular complexity index is 1000. The highest BCUT2D eigenvalue weighted by Gasteiger charge is 2.28. The second kappa shape index (κ2) is 9.34. The molecule has 1 amide bonds. The molecule has 0 aliphatic heterocycles. The first-order valence-corrected chi connectivity index (χ1v) is 10.0. The zero-order chi connectivity index (χ0) is 20.8. The standard InChI is InChI=1S/C22H22N2O4S/c1-4-27-18-13-9-8-12-17(18)24-21(25)19(16-10-6-5-7-11-16)28-22(26)20-14(2)23-15(3)29-20/h5-13,19H,4H2,1-3H3,(H,24,25). The van der Waals surface area contributed by atoms with Crippen molar-refractivity contribution >= 4 is 28.9 Å². The number of esters is 1. The maximum absolute atomic E-state index is 13.1. The number of aryl methyl sites for hydroxylation is 2. The molecule has 0 bridgehead atoms. The summed E-state index contributed by atoms with van der Waals surface area (Å²) in [6.07, 6.45) is -1.11. The molecule has 29 heavy (non-hydrogen) atoms. The second-order valence-electron chi connectivity index (χ2n) is 6.26. The second-order valence-corrected chi connectivity index (χ2v) is 7.47. The molecule has 6 nitrogen and oxygen atoms in total. The van der Waals surface area contributed by atoms with Crippen LogP contribution in [0.15, 0.2) is 54.6 Å². The number of benzene rings is 2. The summed E-state index contributed by atoms with van der Waals surface area (Å²) in [5, 5.41) is 3.58. The number of carbonyl (C=O) groups excluding carboxylic acids is 2. The molecule has 1 N–H and O–H groups in total. The summed E-state index contributed by atoms with van der Waals surface area (Å²) in [6.45, 7) is 5.90. The Morgan fingerprint density at radius 3 is 2.41 bits per heavy atom. The number of ether oxygens (including phenoxy) is 2. The Balaban J connectivity index is 1.87. The summed E-state index contributed by atoms with van der Waals surface area (Å²) >= 11 is 1.25. The average Bonchev–Trinajstić information content (AvgIpc) is 3.06. The number of nitrogens with zero attached hydrogens (tertiary/aromatic N) is 1. The van der Waals surface area contributed by atoms with Gasteiger partial charge in [0.15, 0.2) is 0 Å². The average molecular weight is 410 g/mol. The minimum atomic E-state index is -1.11. The first-order chi connectivity index (χ1) is 14.0. The third-order valence-electron chi connectivity index (χ3n) is 4.10. The van der Waals surface area contributed by atoms with E-state index in [1.165, 1.54) is 11.3 Å². The van der Waals surface area contributed by atoms with Crippen LogP contribution in [0.1, 0.15) is 39.0 Å². The van der Waals surface area contributed by atoms with Gasteiger partial charge in [0.2, 0.25) is 6.10 Å². The van der Waals surface area contributed by atoms with Crippen molar-refractivity contribution < 1.29 is 19.1 Å². The van der Waals surface area contributed by atoms with Crippen molar-refractivity contribution in [3.8, 4) is 5.75 Å². The van der Waals surface area contributed by atoms with Crippen LogP contribution in [-0.2, 0) is 9.53 Å². The van der Waals surface area contributed by atoms with Crippen LogP contribution >= 0.6 is 11.3 Å². The molecule has 0 radical (unpaired) electrons. The molecule has 0 spiro atoms. The van der Waals surface area contributed by atoms with E-state index in [1.807, 2.05) is 26.0 Å². The smallest absolute Gasteiger partial charge is 0.351 e. The summed E-state index contributed by atoms with van der Waals surface area (Å²) in [4.78, 5) is 30.5. The Labute approximate surface area is 173 Å². The van der Waals surface area contributed by atoms with Gasteiger partial charge >= 0.3 is 5.97 Å². The molecule has 1 aromatic heterocycles. The van der Waals surface area contributed by atoms with E-state index in [2.05, 4.69) is 10.3 Å². The monoisotopic (exact) mass is 410 g/mol. The lowest BCUT2D eigenvalue weighted by Crippen LogP contribution is -2.26. The predicted octanol–water partition coefficient (Wildman–Crippen LogP) is 4.70. The Morgan fingerprint density at radius 2 is 1.76 bits per heavy atom. The van der Waals surface area contributed by atoms with Crippen LogP contribution in [0.5, 0.6) is 5.75 Å². The molecule has 0 saturated carbocycles. The summed E-state index contributed by atoms with van der Waals surface area (Å²) in [5.41, 5.74) is 1.68. The van der Waals surface area contributed by atoms with E-state index in [-0.39, 0.29) is 0 Å². The molecule has 1 atom stereocenters. The quantitative estimate of drug-likeness (QED) is 0.572. The van der Waals surface area contributed by atoms with Crippen LogP contribution in [0, 0.1) is 13.8 Å². The van der Waals surface area contributed by atoms with Gasteiger partial charge in [-0.2, -0.15) is 0 Å². The van der Waals surface area contributed by atoms with Gasteiger partial charge in [0.05, 0.1) is 23.0 Å². The van der Waals surface area contributed by atoms with Crippen molar-refractivity contribution in [2.45, 2.75) is 26.9 Å². The Morgan fingerprint density at radius 1 is 1.07 bits per heavy atom. The molecule has 2 aromatic carbocycles. The number of hydrogen-bond donors (Lipinski definition) is 1. The number of thiazole rings is 1. The van der Waals surface area contributed by atoms with Gasteiger partial charge in [-0.05, 0) is 32.9 Å². The van der Waals surface area contributed by atoms with E-state index in [0.717, 1.165) is 5.01 Å². The molecular formula is C22H22N2O4S. The number of nitrogens with one attached hydrogen (secondary N) is 1. The maximum Gasteiger partial charge on any atom is 0.351 e. The zero-order valence-corrected chi connectivity index (χ0v) is 17.3. The summed E-state index contributed by atoms with van der Waals surface area (Å²) in [5.74, 6) is -0.485. The van der Waals surface area contributed by atoms with Crippen LogP contribution in [0.4, 0.5) is 5.69 Å². The van der Waals surface area contributed by atoms with Crippen molar-refractivity contribution in [1.82, 2.24) is 4.98 Å². The van der Waals surface area contributed by atoms with Gasteiger partial charge in [0.1, 0.15) is 10.6 Å². The van der Waals surface area contributed by atoms with Crippen LogP contribution in [0.25, 0.3) is 0 Å². The van der Waals surface area contributed by atoms with E-state index in [9.17, 15) is 9.59 Å². The maximum atomic E-state index is 13.1. The van der Waals surface area contributed by atoms with Gasteiger partial charge in [0.25, 0.3) is 5.91 Å². The summed E-state index contributed by atoms with van der Waals surface area (Å²) in [7, 11) is 0. The summed E-state index contributed by atoms with van der Waals surface area (Å²) < 4.78 is 11.2. The fraction of sp³-hybridized carbons (Fsp3) is 0.227. The first-order valence-electron chi connectivity index (χ1n) is 9.22. The lowest BCUT2D eigenvalue weighted by molar-refractivity contribution is -0.125. The fourth-order valence-electron chi connectivity index (χ4n) is 2.83. The van der Waals surface area contributed by atoms with E-state index < -0.39 is 18.0 Å². The molecule has 150 valence electrons. The first kappa shape index (κ1) is 20.5. The summed E-state index contributed by atoms with van der Waals surface area (Å²) in [6, 6.07) is 16.0. The fourth-order valence-corrected chi connectivity index (χ4v) is 3.63. The number of hydrogen-bond acceptors (Lipinski definition) is 6. The number of carbonyl (C=O) groups is 2. The van der Waals surface area contributed by atoms with E-state index in [4.69, 9.17) is 9.47 Å². The molecular weight excluding hydrogens is 388 g/mol. The number of anilines is 1. The Hall–Kier alpha value is -3.19. The van der Waals surface area contributed by atoms with Gasteiger partial charge in [0, 0.05) is 5.56 Å². The lowest BCUT2D eigenvalue weighted by Gasteiger charge is -2.19. The highest BCUT2D eigenvalue weighted by molar-refractivity contribution is 7.13. The van der Waals surface area contributed by atoms with Crippen LogP contribution in [-0.4, -0.2) is 23.5 Å². The van der Waals surface area contributed by atoms with Gasteiger partial charge in [-0.1, -0.05) is 42.5 Å². The third kappa shape index (κ3) is 5.00. The van der Waals surface area contributed by atoms with Crippen molar-refractivity contribution in [3.63, 3.8) is 0 Å². The van der Waals surface area contributed by atoms with Crippen LogP contribution in [0.2, 0.25) is 0 Å². The van der Waals surface area contributed by atoms with Gasteiger partial charge in [-0.3, -0.25) is 4.79 Å². The van der Waals surface area contributed by atoms with Crippen molar-refractivity contribution in [3.05, 3.63) is 75.7 Å². The Kier molecular flexibility index (Phi) is 6.61. The normalized spacial score (nSPS) is 11.6. The molecule has 0 saturated heterocycles. The van der Waals surface area contributed by atoms with E-state index in [1.54, 1.807) is 49.4 Å². The number of aromatic nitrogens is 1. The zero-order valence-electron chi connectivity index (χ0n) is 16.5. The van der Waals surface area contributed by atoms with Crippen molar-refractivity contribution in [2.24, 2.45) is 0 Å². The van der Waals surface area contributed by atoms with Gasteiger partial charge in [-0.25, -0.2) is 9.78 Å². The minimum absolute atomic E-state index is 0.394. The molecule has 7 heteroatoms. The molecule has 0 fully saturated rings. The van der Waals surface area contributed by atoms with Gasteiger partial charge in [-0.15, -0.1) is 11.3 Å². The lowest BCUT2D eigenvalue weighted by atomic mass is 10.1. The minimum Gasteiger partial charge on any atom is -0.492 e. The molecule has 0 aliphatic rings. The van der Waals surface area contributed by atoms with Crippen molar-refractivity contribution in [1.29, 1.82) is 0 Å². The predicted molar refractivity (Wildman–Crippen MR) is 112 cm³/mol. The molecule has 1 heterocycles. The number of para-hydroxylation sites is 2. The van der Waals surface area contributed by atoms with Crippen LogP contribution in [0.3, 0.4) is 0 Å². The SMILES string of the molecule is CCOc1ccccc1NC(=O)C(OC(=O)c1sc(C)nc1C)c1ccccc1. The van der Waals surface area contributed by atoms with Crippen molar-refractivity contribution in [2.75, 3.05) is 11.9 Å². The van der Waals surface area contributed by atoms with E-state index >= 15 is 0 Å². The topological polar surface area (TPSA) is 77.5 Å². The van der Waals surface area contributed by atoms with E-state index in [0.29, 0.717) is 34.2 Å².